The molecule has 10 heteroatoms. The maximum absolute atomic E-state index is 14.1. The number of aromatic nitrogens is 1. The van der Waals surface area contributed by atoms with E-state index in [1.165, 1.54) is 6.07 Å². The minimum Gasteiger partial charge on any atom is -0.435 e. The molecule has 3 aromatic rings. The molecule has 0 unspecified atom stereocenters. The van der Waals surface area contributed by atoms with E-state index in [0.29, 0.717) is 38.3 Å². The van der Waals surface area contributed by atoms with Gasteiger partial charge in [-0.3, -0.25) is 9.69 Å². The number of hydrogen-bond acceptors (Lipinski definition) is 5. The van der Waals surface area contributed by atoms with E-state index >= 15 is 0 Å². The zero-order valence-electron chi connectivity index (χ0n) is 17.1. The van der Waals surface area contributed by atoms with Gasteiger partial charge in [0.15, 0.2) is 11.5 Å². The maximum atomic E-state index is 14.1. The Morgan fingerprint density at radius 3 is 2.16 bits per heavy atom. The van der Waals surface area contributed by atoms with Crippen molar-refractivity contribution in [1.82, 2.24) is 14.8 Å². The van der Waals surface area contributed by atoms with Gasteiger partial charge in [-0.1, -0.05) is 30.3 Å². The van der Waals surface area contributed by atoms with Gasteiger partial charge in [-0.05, 0) is 17.7 Å². The molecule has 0 spiro atoms. The van der Waals surface area contributed by atoms with Crippen LogP contribution in [-0.2, 0) is 6.54 Å². The fourth-order valence-electron chi connectivity index (χ4n) is 3.64. The lowest BCUT2D eigenvalue weighted by atomic mass is 10.1. The zero-order valence-corrected chi connectivity index (χ0v) is 17.1. The number of halogens is 2. The van der Waals surface area contributed by atoms with Gasteiger partial charge in [0.2, 0.25) is 5.89 Å². The number of primary amides is 2. The van der Waals surface area contributed by atoms with Crippen LogP contribution in [0.4, 0.5) is 13.6 Å². The maximum Gasteiger partial charge on any atom is 0.314 e. The number of urea groups is 1. The van der Waals surface area contributed by atoms with Crippen LogP contribution in [0.5, 0.6) is 0 Å². The second-order valence-electron chi connectivity index (χ2n) is 7.46. The number of piperazine rings is 1. The van der Waals surface area contributed by atoms with Crippen LogP contribution in [0.15, 0.2) is 46.9 Å². The average molecular weight is 441 g/mol. The van der Waals surface area contributed by atoms with Crippen molar-refractivity contribution in [2.75, 3.05) is 26.2 Å². The topological polar surface area (TPSA) is 119 Å². The highest BCUT2D eigenvalue weighted by molar-refractivity contribution is 5.97. The molecule has 1 fully saturated rings. The van der Waals surface area contributed by atoms with Crippen LogP contribution in [0.1, 0.15) is 16.1 Å². The molecule has 166 valence electrons. The molecule has 4 N–H and O–H groups in total. The van der Waals surface area contributed by atoms with Gasteiger partial charge in [0, 0.05) is 38.3 Å². The number of amides is 3. The summed E-state index contributed by atoms with van der Waals surface area (Å²) in [7, 11) is 0. The van der Waals surface area contributed by atoms with E-state index in [-0.39, 0.29) is 17.3 Å². The largest absolute Gasteiger partial charge is 0.435 e. The zero-order chi connectivity index (χ0) is 22.8. The van der Waals surface area contributed by atoms with Crippen LogP contribution in [0.3, 0.4) is 0 Å². The van der Waals surface area contributed by atoms with E-state index in [1.54, 1.807) is 17.0 Å². The lowest BCUT2D eigenvalue weighted by Crippen LogP contribution is -2.50. The van der Waals surface area contributed by atoms with Crippen molar-refractivity contribution < 1.29 is 22.8 Å². The normalized spacial score (nSPS) is 14.5. The van der Waals surface area contributed by atoms with Gasteiger partial charge in [0.25, 0.3) is 5.91 Å². The molecule has 0 radical (unpaired) electrons. The summed E-state index contributed by atoms with van der Waals surface area (Å²) in [5.41, 5.74) is 11.5. The molecule has 1 aliphatic heterocycles. The Hall–Kier alpha value is -3.79. The van der Waals surface area contributed by atoms with Gasteiger partial charge in [-0.15, -0.1) is 0 Å². The lowest BCUT2D eigenvalue weighted by Gasteiger charge is -2.33. The highest BCUT2D eigenvalue weighted by atomic mass is 19.1. The van der Waals surface area contributed by atoms with Gasteiger partial charge in [0.1, 0.15) is 17.2 Å². The molecule has 0 bridgehead atoms. The Balaban J connectivity index is 1.56. The second-order valence-corrected chi connectivity index (χ2v) is 7.46. The summed E-state index contributed by atoms with van der Waals surface area (Å²) < 4.78 is 33.9. The summed E-state index contributed by atoms with van der Waals surface area (Å²) in [6.07, 6.45) is 0. The van der Waals surface area contributed by atoms with Gasteiger partial charge in [0.05, 0.1) is 0 Å². The number of hydrogen-bond donors (Lipinski definition) is 2. The lowest BCUT2D eigenvalue weighted by molar-refractivity contribution is 0.0996. The van der Waals surface area contributed by atoms with E-state index in [2.05, 4.69) is 9.88 Å². The third kappa shape index (κ3) is 4.30. The quantitative estimate of drug-likeness (QED) is 0.631. The van der Waals surface area contributed by atoms with Crippen LogP contribution in [0, 0.1) is 11.6 Å². The van der Waals surface area contributed by atoms with Gasteiger partial charge in [-0.25, -0.2) is 18.6 Å². The Morgan fingerprint density at radius 1 is 0.969 bits per heavy atom. The van der Waals surface area contributed by atoms with Crippen molar-refractivity contribution in [2.45, 2.75) is 6.54 Å². The van der Waals surface area contributed by atoms with Gasteiger partial charge in [-0.2, -0.15) is 0 Å². The standard InChI is InChI=1S/C22H21F2N5O3/c23-15-2-1-3-16(24)17(15)21-27-18(20(25)30)19(32-21)14-6-4-13(5-7-14)12-28-8-10-29(11-9-28)22(26)31/h1-7H,8-12H2,(H2,25,30)(H2,26,31). The third-order valence-electron chi connectivity index (χ3n) is 5.34. The van der Waals surface area contributed by atoms with Crippen molar-refractivity contribution in [3.63, 3.8) is 0 Å². The van der Waals surface area contributed by atoms with Crippen molar-refractivity contribution in [1.29, 1.82) is 0 Å². The molecule has 4 rings (SSSR count). The summed E-state index contributed by atoms with van der Waals surface area (Å²) in [5.74, 6) is -2.91. The SMILES string of the molecule is NC(=O)c1nc(-c2c(F)cccc2F)oc1-c1ccc(CN2CCN(C(N)=O)CC2)cc1. The number of carbonyl (C=O) groups is 2. The molecule has 1 saturated heterocycles. The minimum atomic E-state index is -0.872. The molecular formula is C22H21F2N5O3. The molecule has 2 heterocycles. The van der Waals surface area contributed by atoms with Crippen molar-refractivity contribution in [3.05, 3.63) is 65.4 Å². The van der Waals surface area contributed by atoms with Crippen LogP contribution in [-0.4, -0.2) is 52.9 Å². The predicted octanol–water partition coefficient (Wildman–Crippen LogP) is 2.58. The Labute approximate surface area is 182 Å². The number of carbonyl (C=O) groups excluding carboxylic acids is 2. The minimum absolute atomic E-state index is 0.0387. The fraction of sp³-hybridized carbons (Fsp3) is 0.227. The van der Waals surface area contributed by atoms with E-state index in [1.807, 2.05) is 12.1 Å². The highest BCUT2D eigenvalue weighted by Gasteiger charge is 2.24. The second kappa shape index (κ2) is 8.75. The highest BCUT2D eigenvalue weighted by Crippen LogP contribution is 2.32. The third-order valence-corrected chi connectivity index (χ3v) is 5.34. The number of oxazole rings is 1. The average Bonchev–Trinajstić information content (AvgIpc) is 3.20. The summed E-state index contributed by atoms with van der Waals surface area (Å²) in [5, 5.41) is 0. The van der Waals surface area contributed by atoms with Crippen LogP contribution < -0.4 is 11.5 Å². The Morgan fingerprint density at radius 2 is 1.59 bits per heavy atom. The van der Waals surface area contributed by atoms with Crippen LogP contribution in [0.2, 0.25) is 0 Å². The van der Waals surface area contributed by atoms with Crippen molar-refractivity contribution in [2.24, 2.45) is 11.5 Å². The fourth-order valence-corrected chi connectivity index (χ4v) is 3.64. The smallest absolute Gasteiger partial charge is 0.314 e. The number of rotatable bonds is 5. The van der Waals surface area contributed by atoms with Crippen molar-refractivity contribution in [3.8, 4) is 22.8 Å². The monoisotopic (exact) mass is 441 g/mol. The molecular weight excluding hydrogens is 420 g/mol. The predicted molar refractivity (Wildman–Crippen MR) is 112 cm³/mol. The van der Waals surface area contributed by atoms with E-state index in [9.17, 15) is 18.4 Å². The van der Waals surface area contributed by atoms with Crippen LogP contribution in [0.25, 0.3) is 22.8 Å². The van der Waals surface area contributed by atoms with E-state index in [0.717, 1.165) is 17.7 Å². The summed E-state index contributed by atoms with van der Waals surface area (Å²) in [4.78, 5) is 30.9. The molecule has 0 atom stereocenters. The number of benzene rings is 2. The first-order chi connectivity index (χ1) is 15.3. The summed E-state index contributed by atoms with van der Waals surface area (Å²) in [6.45, 7) is 3.22. The molecule has 3 amide bonds. The van der Waals surface area contributed by atoms with Crippen molar-refractivity contribution >= 4 is 11.9 Å². The first kappa shape index (κ1) is 21.4. The Bertz CT molecular complexity index is 1130. The van der Waals surface area contributed by atoms with Gasteiger partial charge < -0.3 is 20.8 Å². The summed E-state index contributed by atoms with van der Waals surface area (Å²) in [6, 6.07) is 10.1. The molecule has 0 saturated carbocycles. The molecule has 32 heavy (non-hydrogen) atoms. The van der Waals surface area contributed by atoms with E-state index in [4.69, 9.17) is 15.9 Å². The first-order valence-electron chi connectivity index (χ1n) is 9.94. The number of nitrogens with two attached hydrogens (primary N) is 2. The van der Waals surface area contributed by atoms with Crippen LogP contribution >= 0.6 is 0 Å². The molecule has 2 aromatic carbocycles. The molecule has 0 aliphatic carbocycles. The molecule has 8 nitrogen and oxygen atoms in total. The molecule has 1 aromatic heterocycles. The Kier molecular flexibility index (Phi) is 5.87. The van der Waals surface area contributed by atoms with E-state index < -0.39 is 29.1 Å². The first-order valence-corrected chi connectivity index (χ1v) is 9.94. The molecule has 1 aliphatic rings. The number of nitrogens with zero attached hydrogens (tertiary/aromatic N) is 3. The summed E-state index contributed by atoms with van der Waals surface area (Å²) >= 11 is 0. The van der Waals surface area contributed by atoms with Gasteiger partial charge >= 0.3 is 6.03 Å².